The van der Waals surface area contributed by atoms with Crippen LogP contribution in [0, 0.1) is 5.92 Å². The highest BCUT2D eigenvalue weighted by atomic mass is 35.5. The average molecular weight is 227 g/mol. The van der Waals surface area contributed by atoms with Gasteiger partial charge < -0.3 is 5.11 Å². The molecule has 0 amide bonds. The van der Waals surface area contributed by atoms with Gasteiger partial charge in [-0.25, -0.2) is 5.43 Å². The molecule has 1 aromatic carbocycles. The fourth-order valence-electron chi connectivity index (χ4n) is 1.91. The van der Waals surface area contributed by atoms with Gasteiger partial charge in [-0.1, -0.05) is 29.8 Å². The van der Waals surface area contributed by atoms with Gasteiger partial charge in [0.05, 0.1) is 0 Å². The second-order valence-corrected chi connectivity index (χ2v) is 4.39. The maximum absolute atomic E-state index is 9.69. The van der Waals surface area contributed by atoms with E-state index in [9.17, 15) is 5.11 Å². The lowest BCUT2D eigenvalue weighted by atomic mass is 9.93. The van der Waals surface area contributed by atoms with Gasteiger partial charge >= 0.3 is 0 Å². The van der Waals surface area contributed by atoms with Gasteiger partial charge in [0.15, 0.2) is 0 Å². The van der Waals surface area contributed by atoms with Crippen LogP contribution in [0.5, 0.6) is 0 Å². The number of nitrogens with one attached hydrogen (secondary N) is 2. The molecular weight excluding hydrogens is 212 g/mol. The highest BCUT2D eigenvalue weighted by Crippen LogP contribution is 2.23. The Hall–Kier alpha value is -0.610. The number of halogens is 1. The molecule has 1 fully saturated rings. The standard InChI is InChI=1S/C11H15ClN2O/c1-7-9(11(15)14-13-7)6-8-4-2-3-5-10(8)12/h2-5,7,9,11,13-15H,6H2,1H3. The van der Waals surface area contributed by atoms with Crippen molar-refractivity contribution in [1.29, 1.82) is 0 Å². The smallest absolute Gasteiger partial charge is 0.121 e. The molecule has 4 heteroatoms. The lowest BCUT2D eigenvalue weighted by Crippen LogP contribution is -2.32. The molecule has 15 heavy (non-hydrogen) atoms. The molecule has 3 nitrogen and oxygen atoms in total. The summed E-state index contributed by atoms with van der Waals surface area (Å²) in [5.41, 5.74) is 6.92. The predicted octanol–water partition coefficient (Wildman–Crippen LogP) is 1.31. The highest BCUT2D eigenvalue weighted by Gasteiger charge is 2.31. The van der Waals surface area contributed by atoms with Crippen LogP contribution in [0.4, 0.5) is 0 Å². The molecule has 0 spiro atoms. The minimum absolute atomic E-state index is 0.157. The molecule has 0 saturated carbocycles. The van der Waals surface area contributed by atoms with Crippen molar-refractivity contribution < 1.29 is 5.11 Å². The normalized spacial score (nSPS) is 30.7. The summed E-state index contributed by atoms with van der Waals surface area (Å²) in [6.07, 6.45) is 0.276. The zero-order valence-electron chi connectivity index (χ0n) is 8.57. The first-order valence-electron chi connectivity index (χ1n) is 5.11. The lowest BCUT2D eigenvalue weighted by molar-refractivity contribution is 0.107. The van der Waals surface area contributed by atoms with Crippen LogP contribution >= 0.6 is 11.6 Å². The molecule has 82 valence electrons. The van der Waals surface area contributed by atoms with Crippen molar-refractivity contribution >= 4 is 11.6 Å². The van der Waals surface area contributed by atoms with Gasteiger partial charge in [0.2, 0.25) is 0 Å². The third-order valence-corrected chi connectivity index (χ3v) is 3.29. The lowest BCUT2D eigenvalue weighted by Gasteiger charge is -2.17. The molecule has 1 aliphatic rings. The second kappa shape index (κ2) is 4.49. The van der Waals surface area contributed by atoms with E-state index in [-0.39, 0.29) is 12.0 Å². The molecule has 0 radical (unpaired) electrons. The summed E-state index contributed by atoms with van der Waals surface area (Å²) >= 11 is 6.08. The van der Waals surface area contributed by atoms with Crippen molar-refractivity contribution in [2.24, 2.45) is 5.92 Å². The zero-order chi connectivity index (χ0) is 10.8. The molecule has 1 saturated heterocycles. The van der Waals surface area contributed by atoms with E-state index in [0.29, 0.717) is 0 Å². The second-order valence-electron chi connectivity index (χ2n) is 3.98. The first-order chi connectivity index (χ1) is 7.18. The van der Waals surface area contributed by atoms with Gasteiger partial charge in [0, 0.05) is 17.0 Å². The molecule has 2 rings (SSSR count). The number of rotatable bonds is 2. The van der Waals surface area contributed by atoms with Gasteiger partial charge in [-0.05, 0) is 25.0 Å². The van der Waals surface area contributed by atoms with E-state index in [4.69, 9.17) is 11.6 Å². The van der Waals surface area contributed by atoms with E-state index < -0.39 is 6.23 Å². The molecule has 0 aliphatic carbocycles. The van der Waals surface area contributed by atoms with Crippen LogP contribution in [0.1, 0.15) is 12.5 Å². The van der Waals surface area contributed by atoms with Crippen molar-refractivity contribution in [2.75, 3.05) is 0 Å². The van der Waals surface area contributed by atoms with Gasteiger partial charge in [-0.2, -0.15) is 0 Å². The summed E-state index contributed by atoms with van der Waals surface area (Å²) in [6, 6.07) is 8.01. The number of hydrazine groups is 1. The van der Waals surface area contributed by atoms with E-state index in [1.165, 1.54) is 0 Å². The number of aliphatic hydroxyl groups is 1. The average Bonchev–Trinajstić information content (AvgIpc) is 2.53. The van der Waals surface area contributed by atoms with Crippen LogP contribution in [0.2, 0.25) is 5.02 Å². The van der Waals surface area contributed by atoms with E-state index in [2.05, 4.69) is 10.9 Å². The minimum Gasteiger partial charge on any atom is -0.377 e. The maximum Gasteiger partial charge on any atom is 0.121 e. The molecule has 3 N–H and O–H groups in total. The van der Waals surface area contributed by atoms with Gasteiger partial charge in [0.25, 0.3) is 0 Å². The first kappa shape index (κ1) is 10.9. The third-order valence-electron chi connectivity index (χ3n) is 2.92. The fraction of sp³-hybridized carbons (Fsp3) is 0.455. The molecule has 1 aromatic rings. The fourth-order valence-corrected chi connectivity index (χ4v) is 2.12. The zero-order valence-corrected chi connectivity index (χ0v) is 9.33. The van der Waals surface area contributed by atoms with Crippen LogP contribution in [-0.2, 0) is 6.42 Å². The van der Waals surface area contributed by atoms with Gasteiger partial charge in [-0.3, -0.25) is 5.43 Å². The summed E-state index contributed by atoms with van der Waals surface area (Å²) in [7, 11) is 0. The van der Waals surface area contributed by atoms with E-state index in [0.717, 1.165) is 17.0 Å². The Morgan fingerprint density at radius 3 is 2.67 bits per heavy atom. The van der Waals surface area contributed by atoms with Gasteiger partial charge in [0.1, 0.15) is 6.23 Å². The topological polar surface area (TPSA) is 44.3 Å². The van der Waals surface area contributed by atoms with Crippen molar-refractivity contribution in [1.82, 2.24) is 10.9 Å². The highest BCUT2D eigenvalue weighted by molar-refractivity contribution is 6.31. The maximum atomic E-state index is 9.69. The summed E-state index contributed by atoms with van der Waals surface area (Å²) in [4.78, 5) is 0. The Morgan fingerprint density at radius 1 is 1.33 bits per heavy atom. The SMILES string of the molecule is CC1NNC(O)C1Cc1ccccc1Cl. The first-order valence-corrected chi connectivity index (χ1v) is 5.49. The Kier molecular flexibility index (Phi) is 3.26. The van der Waals surface area contributed by atoms with Crippen LogP contribution in [0.25, 0.3) is 0 Å². The Labute approximate surface area is 94.4 Å². The van der Waals surface area contributed by atoms with Crippen molar-refractivity contribution in [3.63, 3.8) is 0 Å². The molecule has 0 bridgehead atoms. The quantitative estimate of drug-likeness (QED) is 0.713. The summed E-state index contributed by atoms with van der Waals surface area (Å²) in [6.45, 7) is 2.05. The summed E-state index contributed by atoms with van der Waals surface area (Å²) in [5, 5.41) is 10.5. The van der Waals surface area contributed by atoms with Crippen LogP contribution in [-0.4, -0.2) is 17.4 Å². The monoisotopic (exact) mass is 226 g/mol. The molecule has 0 aromatic heterocycles. The molecule has 1 heterocycles. The minimum atomic E-state index is -0.503. The van der Waals surface area contributed by atoms with Gasteiger partial charge in [-0.15, -0.1) is 0 Å². The van der Waals surface area contributed by atoms with Crippen molar-refractivity contribution in [3.05, 3.63) is 34.9 Å². The summed E-state index contributed by atoms with van der Waals surface area (Å²) in [5.74, 6) is 0.157. The van der Waals surface area contributed by atoms with E-state index in [1.807, 2.05) is 31.2 Å². The predicted molar refractivity (Wildman–Crippen MR) is 60.4 cm³/mol. The third kappa shape index (κ3) is 2.32. The molecular formula is C11H15ClN2O. The molecule has 3 atom stereocenters. The Bertz CT molecular complexity index is 335. The molecule has 1 aliphatic heterocycles. The van der Waals surface area contributed by atoms with E-state index in [1.54, 1.807) is 0 Å². The van der Waals surface area contributed by atoms with Crippen LogP contribution in [0.3, 0.4) is 0 Å². The van der Waals surface area contributed by atoms with Crippen molar-refractivity contribution in [3.8, 4) is 0 Å². The van der Waals surface area contributed by atoms with E-state index >= 15 is 0 Å². The Balaban J connectivity index is 2.11. The van der Waals surface area contributed by atoms with Crippen LogP contribution in [0.15, 0.2) is 24.3 Å². The van der Waals surface area contributed by atoms with Crippen LogP contribution < -0.4 is 10.9 Å². The number of hydrogen-bond donors (Lipinski definition) is 3. The number of hydrogen-bond acceptors (Lipinski definition) is 3. The van der Waals surface area contributed by atoms with Crippen molar-refractivity contribution in [2.45, 2.75) is 25.6 Å². The molecule has 3 unspecified atom stereocenters. The summed E-state index contributed by atoms with van der Waals surface area (Å²) < 4.78 is 0. The Morgan fingerprint density at radius 2 is 2.07 bits per heavy atom. The number of benzene rings is 1. The number of aliphatic hydroxyl groups excluding tert-OH is 1. The largest absolute Gasteiger partial charge is 0.377 e.